The lowest BCUT2D eigenvalue weighted by atomic mass is 9.67. The fourth-order valence-electron chi connectivity index (χ4n) is 6.34. The number of carbonyl (C=O) groups is 3. The van der Waals surface area contributed by atoms with Gasteiger partial charge in [-0.05, 0) is 73.3 Å². The van der Waals surface area contributed by atoms with Crippen molar-refractivity contribution < 1.29 is 23.9 Å². The van der Waals surface area contributed by atoms with Crippen LogP contribution in [0.2, 0.25) is 5.02 Å². The van der Waals surface area contributed by atoms with Crippen molar-refractivity contribution in [1.29, 1.82) is 0 Å². The van der Waals surface area contributed by atoms with E-state index >= 15 is 0 Å². The molecule has 1 aliphatic heterocycles. The van der Waals surface area contributed by atoms with E-state index in [0.717, 1.165) is 44.1 Å². The van der Waals surface area contributed by atoms with Gasteiger partial charge in [-0.15, -0.1) is 0 Å². The number of halogens is 2. The Kier molecular flexibility index (Phi) is 9.76. The number of hydrogen-bond acceptors (Lipinski definition) is 4. The number of rotatable bonds is 11. The molecule has 7 nitrogen and oxygen atoms in total. The maximum Gasteiger partial charge on any atom is 0.305 e. The monoisotopic (exact) mass is 597 g/mol. The first kappa shape index (κ1) is 31.7. The van der Waals surface area contributed by atoms with Crippen molar-refractivity contribution in [3.8, 4) is 0 Å². The molecule has 226 valence electrons. The van der Waals surface area contributed by atoms with Crippen LogP contribution in [0.25, 0.3) is 0 Å². The van der Waals surface area contributed by atoms with Gasteiger partial charge in [0.15, 0.2) is 0 Å². The van der Waals surface area contributed by atoms with Gasteiger partial charge in [-0.25, -0.2) is 4.39 Å². The largest absolute Gasteiger partial charge is 0.481 e. The first-order valence-corrected chi connectivity index (χ1v) is 15.3. The lowest BCUT2D eigenvalue weighted by molar-refractivity contribution is -0.137. The molecule has 0 unspecified atom stereocenters. The summed E-state index contributed by atoms with van der Waals surface area (Å²) >= 11 is 5.95. The van der Waals surface area contributed by atoms with E-state index in [1.54, 1.807) is 18.2 Å². The quantitative estimate of drug-likeness (QED) is 0.287. The summed E-state index contributed by atoms with van der Waals surface area (Å²) in [6, 6.07) is 11.2. The fraction of sp³-hybridized carbons (Fsp3) is 0.515. The van der Waals surface area contributed by atoms with Crippen molar-refractivity contribution in [2.75, 3.05) is 6.54 Å². The Hall–Kier alpha value is -3.26. The molecule has 1 heterocycles. The SMILES string of the molecule is CCC[C@H](c1ccc(C(=O)NCCC(=O)O)cc1)N1C(=O)C(c2ccc(Cl)c(F)c2)=NC12CCC(C(C)(C)CC)CC2. The average molecular weight is 598 g/mol. The maximum absolute atomic E-state index is 14.5. The summed E-state index contributed by atoms with van der Waals surface area (Å²) in [5.74, 6) is -1.63. The van der Waals surface area contributed by atoms with Gasteiger partial charge in [0, 0.05) is 17.7 Å². The maximum atomic E-state index is 14.5. The van der Waals surface area contributed by atoms with Crippen molar-refractivity contribution in [2.24, 2.45) is 16.3 Å². The average Bonchev–Trinajstić information content (AvgIpc) is 3.24. The van der Waals surface area contributed by atoms with Gasteiger partial charge >= 0.3 is 5.97 Å². The molecular weight excluding hydrogens is 557 g/mol. The van der Waals surface area contributed by atoms with E-state index in [1.165, 1.54) is 12.1 Å². The molecule has 1 aliphatic carbocycles. The van der Waals surface area contributed by atoms with Gasteiger partial charge in [-0.2, -0.15) is 0 Å². The van der Waals surface area contributed by atoms with E-state index in [4.69, 9.17) is 21.7 Å². The fourth-order valence-corrected chi connectivity index (χ4v) is 6.46. The van der Waals surface area contributed by atoms with E-state index in [-0.39, 0.29) is 47.0 Å². The van der Waals surface area contributed by atoms with Crippen molar-refractivity contribution >= 4 is 35.1 Å². The van der Waals surface area contributed by atoms with Gasteiger partial charge in [0.2, 0.25) is 0 Å². The Morgan fingerprint density at radius 3 is 2.40 bits per heavy atom. The number of carboxylic acids is 1. The number of benzene rings is 2. The number of carbonyl (C=O) groups excluding carboxylic acids is 2. The highest BCUT2D eigenvalue weighted by Gasteiger charge is 2.52. The van der Waals surface area contributed by atoms with Crippen LogP contribution in [-0.2, 0) is 9.59 Å². The lowest BCUT2D eigenvalue weighted by Gasteiger charge is -2.48. The highest BCUT2D eigenvalue weighted by molar-refractivity contribution is 6.47. The van der Waals surface area contributed by atoms with Crippen LogP contribution in [0, 0.1) is 17.2 Å². The molecule has 2 aromatic rings. The summed E-state index contributed by atoms with van der Waals surface area (Å²) in [5.41, 5.74) is 1.43. The van der Waals surface area contributed by atoms with Crippen LogP contribution in [0.4, 0.5) is 4.39 Å². The smallest absolute Gasteiger partial charge is 0.305 e. The first-order chi connectivity index (χ1) is 19.9. The highest BCUT2D eigenvalue weighted by Crippen LogP contribution is 2.50. The van der Waals surface area contributed by atoms with Crippen molar-refractivity contribution in [3.05, 3.63) is 70.0 Å². The van der Waals surface area contributed by atoms with Crippen LogP contribution in [0.1, 0.15) is 107 Å². The zero-order valence-electron chi connectivity index (χ0n) is 24.9. The van der Waals surface area contributed by atoms with Crippen LogP contribution >= 0.6 is 11.6 Å². The topological polar surface area (TPSA) is 99.1 Å². The molecule has 0 radical (unpaired) electrons. The third kappa shape index (κ3) is 6.54. The van der Waals surface area contributed by atoms with Crippen LogP contribution in [0.3, 0.4) is 0 Å². The predicted octanol–water partition coefficient (Wildman–Crippen LogP) is 7.18. The number of nitrogens with zero attached hydrogens (tertiary/aromatic N) is 2. The standard InChI is InChI=1S/C33H41ClFN3O4/c1-5-7-27(21-8-10-22(11-9-21)30(41)36-19-16-28(39)40)38-31(42)29(23-12-13-25(34)26(35)20-23)37-33(38)17-14-24(15-18-33)32(3,4)6-2/h8-13,20,24,27H,5-7,14-19H2,1-4H3,(H,36,41)(H,39,40)/t24?,27-,33?/m1/s1. The van der Waals surface area contributed by atoms with Crippen molar-refractivity contribution in [1.82, 2.24) is 10.2 Å². The zero-order chi connectivity index (χ0) is 30.7. The van der Waals surface area contributed by atoms with Crippen LogP contribution < -0.4 is 5.32 Å². The Morgan fingerprint density at radius 2 is 1.83 bits per heavy atom. The summed E-state index contributed by atoms with van der Waals surface area (Å²) in [5, 5.41) is 11.5. The molecule has 2 aliphatic rings. The van der Waals surface area contributed by atoms with Crippen LogP contribution in [-0.4, -0.2) is 45.7 Å². The molecule has 42 heavy (non-hydrogen) atoms. The van der Waals surface area contributed by atoms with Gasteiger partial charge in [0.25, 0.3) is 11.8 Å². The molecule has 0 aromatic heterocycles. The molecule has 1 spiro atoms. The first-order valence-electron chi connectivity index (χ1n) is 14.9. The minimum atomic E-state index is -0.979. The summed E-state index contributed by atoms with van der Waals surface area (Å²) in [7, 11) is 0. The second kappa shape index (κ2) is 12.9. The molecule has 1 atom stereocenters. The van der Waals surface area contributed by atoms with Gasteiger partial charge < -0.3 is 15.3 Å². The Labute approximate surface area is 252 Å². The molecular formula is C33H41ClFN3O4. The molecule has 4 rings (SSSR count). The number of hydrogen-bond donors (Lipinski definition) is 2. The van der Waals surface area contributed by atoms with E-state index in [2.05, 4.69) is 33.0 Å². The van der Waals surface area contributed by atoms with E-state index in [9.17, 15) is 18.8 Å². The van der Waals surface area contributed by atoms with Gasteiger partial charge in [0.05, 0.1) is 17.5 Å². The molecule has 0 bridgehead atoms. The molecule has 2 amide bonds. The number of aliphatic carboxylic acids is 1. The van der Waals surface area contributed by atoms with E-state index < -0.39 is 17.4 Å². The third-order valence-electron chi connectivity index (χ3n) is 9.24. The van der Waals surface area contributed by atoms with Crippen molar-refractivity contribution in [2.45, 2.75) is 90.8 Å². The molecule has 9 heteroatoms. The Balaban J connectivity index is 1.69. The summed E-state index contributed by atoms with van der Waals surface area (Å²) in [4.78, 5) is 44.7. The minimum absolute atomic E-state index is 0.00498. The predicted molar refractivity (Wildman–Crippen MR) is 162 cm³/mol. The number of carboxylic acid groups (broad SMARTS) is 1. The van der Waals surface area contributed by atoms with Crippen molar-refractivity contribution in [3.63, 3.8) is 0 Å². The lowest BCUT2D eigenvalue weighted by Crippen LogP contribution is -2.51. The second-order valence-corrected chi connectivity index (χ2v) is 12.6. The highest BCUT2D eigenvalue weighted by atomic mass is 35.5. The van der Waals surface area contributed by atoms with Gasteiger partial charge in [0.1, 0.15) is 17.2 Å². The molecule has 2 aromatic carbocycles. The third-order valence-corrected chi connectivity index (χ3v) is 9.55. The number of amides is 2. The summed E-state index contributed by atoms with van der Waals surface area (Å²) in [6.07, 6.45) is 5.73. The number of nitrogens with one attached hydrogen (secondary N) is 1. The molecule has 1 saturated carbocycles. The number of aliphatic imine (C=N–C) groups is 1. The molecule has 0 saturated heterocycles. The van der Waals surface area contributed by atoms with E-state index in [0.29, 0.717) is 23.5 Å². The summed E-state index contributed by atoms with van der Waals surface area (Å²) in [6.45, 7) is 8.94. The van der Waals surface area contributed by atoms with Gasteiger partial charge in [-0.3, -0.25) is 19.4 Å². The molecule has 1 fully saturated rings. The zero-order valence-corrected chi connectivity index (χ0v) is 25.6. The molecule has 2 N–H and O–H groups in total. The summed E-state index contributed by atoms with van der Waals surface area (Å²) < 4.78 is 14.5. The minimum Gasteiger partial charge on any atom is -0.481 e. The Bertz CT molecular complexity index is 1350. The van der Waals surface area contributed by atoms with E-state index in [1.807, 2.05) is 17.0 Å². The van der Waals surface area contributed by atoms with Gasteiger partial charge in [-0.1, -0.05) is 70.3 Å². The second-order valence-electron chi connectivity index (χ2n) is 12.2. The van der Waals surface area contributed by atoms with Crippen LogP contribution in [0.15, 0.2) is 47.5 Å². The normalized spacial score (nSPS) is 21.4. The van der Waals surface area contributed by atoms with Crippen LogP contribution in [0.5, 0.6) is 0 Å². The Morgan fingerprint density at radius 1 is 1.17 bits per heavy atom.